The first-order valence-corrected chi connectivity index (χ1v) is 9.62. The Bertz CT molecular complexity index is 921. The van der Waals surface area contributed by atoms with Gasteiger partial charge in [-0.3, -0.25) is 14.7 Å². The summed E-state index contributed by atoms with van der Waals surface area (Å²) in [5, 5.41) is 7.22. The number of nitrogens with zero attached hydrogens (tertiary/aromatic N) is 3. The second kappa shape index (κ2) is 7.53. The highest BCUT2D eigenvalue weighted by molar-refractivity contribution is 5.80. The van der Waals surface area contributed by atoms with Crippen LogP contribution >= 0.6 is 0 Å². The Labute approximate surface area is 165 Å². The average molecular weight is 406 g/mol. The number of aromatic amines is 1. The minimum absolute atomic E-state index is 0.0325. The van der Waals surface area contributed by atoms with E-state index in [9.17, 15) is 22.8 Å². The van der Waals surface area contributed by atoms with E-state index in [0.717, 1.165) is 29.8 Å². The number of alkyl halides is 3. The van der Waals surface area contributed by atoms with E-state index >= 15 is 0 Å². The van der Waals surface area contributed by atoms with Crippen molar-refractivity contribution in [2.45, 2.75) is 38.4 Å². The van der Waals surface area contributed by atoms with Crippen molar-refractivity contribution in [2.24, 2.45) is 0 Å². The third-order valence-electron chi connectivity index (χ3n) is 5.54. The van der Waals surface area contributed by atoms with Crippen molar-refractivity contribution in [1.29, 1.82) is 0 Å². The summed E-state index contributed by atoms with van der Waals surface area (Å²) in [5.74, 6) is 0.0630. The molecule has 0 aliphatic carbocycles. The normalized spacial score (nSPS) is 17.0. The number of aromatic nitrogens is 2. The molecule has 4 rings (SSSR count). The molecular formula is C20H21F3N4O2. The molecule has 1 aromatic heterocycles. The fraction of sp³-hybridized carbons (Fsp3) is 0.450. The molecule has 3 heterocycles. The summed E-state index contributed by atoms with van der Waals surface area (Å²) in [4.78, 5) is 27.8. The lowest BCUT2D eigenvalue weighted by Crippen LogP contribution is -2.38. The van der Waals surface area contributed by atoms with E-state index in [1.165, 1.54) is 12.1 Å². The summed E-state index contributed by atoms with van der Waals surface area (Å²) in [6.07, 6.45) is -2.12. The van der Waals surface area contributed by atoms with Crippen LogP contribution in [0.5, 0.6) is 0 Å². The Balaban J connectivity index is 1.46. The molecule has 0 bridgehead atoms. The summed E-state index contributed by atoms with van der Waals surface area (Å²) in [5.41, 5.74) is 2.17. The molecule has 1 aromatic carbocycles. The van der Waals surface area contributed by atoms with Crippen LogP contribution < -0.4 is 0 Å². The van der Waals surface area contributed by atoms with Gasteiger partial charge in [0.05, 0.1) is 11.3 Å². The molecule has 1 saturated heterocycles. The van der Waals surface area contributed by atoms with Crippen LogP contribution in [-0.2, 0) is 28.7 Å². The predicted molar refractivity (Wildman–Crippen MR) is 98.6 cm³/mol. The van der Waals surface area contributed by atoms with Crippen LogP contribution in [-0.4, -0.2) is 51.4 Å². The van der Waals surface area contributed by atoms with Gasteiger partial charge >= 0.3 is 6.18 Å². The third kappa shape index (κ3) is 3.99. The molecular weight excluding hydrogens is 385 g/mol. The van der Waals surface area contributed by atoms with Crippen LogP contribution in [0.4, 0.5) is 13.2 Å². The third-order valence-corrected chi connectivity index (χ3v) is 5.54. The van der Waals surface area contributed by atoms with Crippen LogP contribution in [0.15, 0.2) is 24.3 Å². The summed E-state index contributed by atoms with van der Waals surface area (Å²) >= 11 is 0. The van der Waals surface area contributed by atoms with Gasteiger partial charge in [-0.2, -0.15) is 18.3 Å². The Morgan fingerprint density at radius 3 is 2.55 bits per heavy atom. The monoisotopic (exact) mass is 406 g/mol. The van der Waals surface area contributed by atoms with Crippen LogP contribution in [0.2, 0.25) is 0 Å². The van der Waals surface area contributed by atoms with Gasteiger partial charge in [0.2, 0.25) is 11.8 Å². The van der Waals surface area contributed by atoms with Gasteiger partial charge in [0, 0.05) is 62.3 Å². The maximum absolute atomic E-state index is 12.8. The van der Waals surface area contributed by atoms with E-state index in [1.807, 2.05) is 0 Å². The standard InChI is InChI=1S/C20H21F3N4O2/c21-20(22,23)14-5-3-13(4-6-14)19-15-12-27(10-7-16(15)24-25-19)18(29)8-11-26-9-1-2-17(26)28/h3-6H,1-2,7-12H2,(H,24,25). The van der Waals surface area contributed by atoms with Gasteiger partial charge in [-0.1, -0.05) is 12.1 Å². The Morgan fingerprint density at radius 2 is 1.90 bits per heavy atom. The van der Waals surface area contributed by atoms with E-state index in [0.29, 0.717) is 50.3 Å². The molecule has 1 fully saturated rings. The molecule has 2 aromatic rings. The highest BCUT2D eigenvalue weighted by Gasteiger charge is 2.31. The first-order valence-electron chi connectivity index (χ1n) is 9.62. The van der Waals surface area contributed by atoms with Crippen molar-refractivity contribution in [3.8, 4) is 11.3 Å². The summed E-state index contributed by atoms with van der Waals surface area (Å²) in [6, 6.07) is 4.88. The first kappa shape index (κ1) is 19.5. The van der Waals surface area contributed by atoms with Gasteiger partial charge in [-0.25, -0.2) is 0 Å². The number of carbonyl (C=O) groups excluding carboxylic acids is 2. The molecule has 9 heteroatoms. The SMILES string of the molecule is O=C1CCCN1CCC(=O)N1CCc2[nH]nc(-c3ccc(C(F)(F)F)cc3)c2C1. The second-order valence-electron chi connectivity index (χ2n) is 7.40. The minimum atomic E-state index is -4.39. The van der Waals surface area contributed by atoms with Crippen molar-refractivity contribution in [3.05, 3.63) is 41.1 Å². The summed E-state index contributed by atoms with van der Waals surface area (Å²) in [6.45, 7) is 2.04. The van der Waals surface area contributed by atoms with Gasteiger partial charge in [0.25, 0.3) is 0 Å². The molecule has 0 saturated carbocycles. The molecule has 6 nitrogen and oxygen atoms in total. The zero-order chi connectivity index (χ0) is 20.6. The lowest BCUT2D eigenvalue weighted by Gasteiger charge is -2.28. The lowest BCUT2D eigenvalue weighted by molar-refractivity contribution is -0.137. The molecule has 2 aliphatic rings. The summed E-state index contributed by atoms with van der Waals surface area (Å²) in [7, 11) is 0. The fourth-order valence-electron chi connectivity index (χ4n) is 3.89. The number of fused-ring (bicyclic) bond motifs is 1. The average Bonchev–Trinajstić information content (AvgIpc) is 3.31. The number of likely N-dealkylation sites (tertiary alicyclic amines) is 1. The van der Waals surface area contributed by atoms with Crippen molar-refractivity contribution >= 4 is 11.8 Å². The Hall–Kier alpha value is -2.84. The molecule has 2 amide bonds. The van der Waals surface area contributed by atoms with E-state index in [-0.39, 0.29) is 18.2 Å². The Morgan fingerprint density at radius 1 is 1.14 bits per heavy atom. The van der Waals surface area contributed by atoms with E-state index in [2.05, 4.69) is 10.2 Å². The van der Waals surface area contributed by atoms with Crippen molar-refractivity contribution in [3.63, 3.8) is 0 Å². The fourth-order valence-corrected chi connectivity index (χ4v) is 3.89. The minimum Gasteiger partial charge on any atom is -0.342 e. The summed E-state index contributed by atoms with van der Waals surface area (Å²) < 4.78 is 38.4. The molecule has 154 valence electrons. The highest BCUT2D eigenvalue weighted by Crippen LogP contribution is 2.33. The number of benzene rings is 1. The zero-order valence-corrected chi connectivity index (χ0v) is 15.8. The van der Waals surface area contributed by atoms with Gasteiger partial charge < -0.3 is 9.80 Å². The second-order valence-corrected chi connectivity index (χ2v) is 7.40. The molecule has 29 heavy (non-hydrogen) atoms. The number of amides is 2. The van der Waals surface area contributed by atoms with E-state index in [1.54, 1.807) is 9.80 Å². The van der Waals surface area contributed by atoms with Crippen LogP contribution in [0, 0.1) is 0 Å². The lowest BCUT2D eigenvalue weighted by atomic mass is 10.00. The number of hydrogen-bond acceptors (Lipinski definition) is 3. The maximum atomic E-state index is 12.8. The number of carbonyl (C=O) groups is 2. The number of halogens is 3. The van der Waals surface area contributed by atoms with Crippen molar-refractivity contribution < 1.29 is 22.8 Å². The number of hydrogen-bond donors (Lipinski definition) is 1. The van der Waals surface area contributed by atoms with Crippen LogP contribution in [0.1, 0.15) is 36.1 Å². The van der Waals surface area contributed by atoms with E-state index < -0.39 is 11.7 Å². The molecule has 0 radical (unpaired) electrons. The molecule has 0 atom stereocenters. The molecule has 2 aliphatic heterocycles. The van der Waals surface area contributed by atoms with Crippen LogP contribution in [0.3, 0.4) is 0 Å². The zero-order valence-electron chi connectivity index (χ0n) is 15.8. The first-order chi connectivity index (χ1) is 13.8. The van der Waals surface area contributed by atoms with Crippen LogP contribution in [0.25, 0.3) is 11.3 Å². The smallest absolute Gasteiger partial charge is 0.342 e. The molecule has 1 N–H and O–H groups in total. The Kier molecular flexibility index (Phi) is 5.06. The maximum Gasteiger partial charge on any atom is 0.416 e. The molecule has 0 unspecified atom stereocenters. The van der Waals surface area contributed by atoms with E-state index in [4.69, 9.17) is 0 Å². The predicted octanol–water partition coefficient (Wildman–Crippen LogP) is 2.99. The molecule has 0 spiro atoms. The van der Waals surface area contributed by atoms with Gasteiger partial charge in [-0.15, -0.1) is 0 Å². The number of rotatable bonds is 4. The van der Waals surface area contributed by atoms with Gasteiger partial charge in [0.1, 0.15) is 0 Å². The largest absolute Gasteiger partial charge is 0.416 e. The number of nitrogens with one attached hydrogen (secondary N) is 1. The number of H-pyrrole nitrogens is 1. The van der Waals surface area contributed by atoms with Crippen molar-refractivity contribution in [1.82, 2.24) is 20.0 Å². The van der Waals surface area contributed by atoms with Gasteiger partial charge in [0.15, 0.2) is 0 Å². The topological polar surface area (TPSA) is 69.3 Å². The highest BCUT2D eigenvalue weighted by atomic mass is 19.4. The van der Waals surface area contributed by atoms with Crippen molar-refractivity contribution in [2.75, 3.05) is 19.6 Å². The van der Waals surface area contributed by atoms with Gasteiger partial charge in [-0.05, 0) is 18.6 Å². The quantitative estimate of drug-likeness (QED) is 0.849.